The van der Waals surface area contributed by atoms with Crippen LogP contribution in [0.1, 0.15) is 106 Å². The topological polar surface area (TPSA) is 165 Å². The van der Waals surface area contributed by atoms with Gasteiger partial charge in [0.15, 0.2) is 11.3 Å². The largest absolute Gasteiger partial charge is 0.456 e. The fourth-order valence-electron chi connectivity index (χ4n) is 8.52. The van der Waals surface area contributed by atoms with E-state index in [2.05, 4.69) is 42.7 Å². The first-order valence-electron chi connectivity index (χ1n) is 21.0. The molecule has 8 rings (SSSR count). The summed E-state index contributed by atoms with van der Waals surface area (Å²) in [5.41, 5.74) is 1.15. The number of hydrogen-bond acceptors (Lipinski definition) is 11. The third-order valence-electron chi connectivity index (χ3n) is 11.8. The summed E-state index contributed by atoms with van der Waals surface area (Å²) in [6.07, 6.45) is 10.2. The second-order valence-electron chi connectivity index (χ2n) is 16.0. The number of anilines is 2. The highest BCUT2D eigenvalue weighted by molar-refractivity contribution is 6.49. The van der Waals surface area contributed by atoms with Gasteiger partial charge in [0.25, 0.3) is 29.9 Å². The van der Waals surface area contributed by atoms with E-state index in [1.54, 1.807) is 23.0 Å². The standard InChI is InChI=1S/C44H49F2N9O6/c1-52(19-7-3-2-4-9-29-10-5-6-12-34(29)61-35-13-8-11-31-37(35)43(58)50-44(59)39(31)56)26-28-14-16-30(17-15-28)55-27-33(38(51-55)40(45)46)48-42(57)32-25-47-54-20-18-36(49-41(32)54)53-21-23-60-24-22-53/h5-6,8,10-13,18,20,25,27-28,30,40H,2-4,7,9,14-17,19,21-24,26H2,1H3,(H,48,57)(H,50,58,59). The molecule has 2 aliphatic heterocycles. The lowest BCUT2D eigenvalue weighted by Gasteiger charge is -2.31. The molecule has 0 unspecified atom stereocenters. The Morgan fingerprint density at radius 2 is 1.74 bits per heavy atom. The Kier molecular flexibility index (Phi) is 12.8. The number of hydrogen-bond donors (Lipinski definition) is 2. The van der Waals surface area contributed by atoms with Gasteiger partial charge in [-0.05, 0) is 94.3 Å². The molecule has 61 heavy (non-hydrogen) atoms. The molecule has 1 saturated heterocycles. The molecule has 5 heterocycles. The molecule has 3 amide bonds. The summed E-state index contributed by atoms with van der Waals surface area (Å²) in [5, 5.41) is 13.3. The predicted octanol–water partition coefficient (Wildman–Crippen LogP) is 6.66. The number of fused-ring (bicyclic) bond motifs is 2. The van der Waals surface area contributed by atoms with Crippen molar-refractivity contribution in [1.29, 1.82) is 0 Å². The van der Waals surface area contributed by atoms with E-state index in [0.717, 1.165) is 76.4 Å². The molecule has 5 aromatic rings. The van der Waals surface area contributed by atoms with E-state index in [1.807, 2.05) is 30.3 Å². The van der Waals surface area contributed by atoms with Gasteiger partial charge in [-0.15, -0.1) is 0 Å². The van der Waals surface area contributed by atoms with Crippen LogP contribution in [0.15, 0.2) is 67.1 Å². The van der Waals surface area contributed by atoms with Crippen molar-refractivity contribution in [3.63, 3.8) is 0 Å². The fraction of sp³-hybridized carbons (Fsp3) is 0.432. The molecule has 3 aromatic heterocycles. The molecule has 2 fully saturated rings. The number of carbonyl (C=O) groups is 4. The van der Waals surface area contributed by atoms with Crippen molar-refractivity contribution in [2.24, 2.45) is 5.92 Å². The van der Waals surface area contributed by atoms with E-state index in [4.69, 9.17) is 9.47 Å². The van der Waals surface area contributed by atoms with Gasteiger partial charge in [0, 0.05) is 37.6 Å². The SMILES string of the molecule is CN(CCCCCCc1ccccc1Oc1cccc2c1C(=O)NC(=O)C2=O)CC1CCC(n2cc(NC(=O)c3cnn4ccc(N5CCOCC5)nc34)c(C(F)F)n2)CC1. The quantitative estimate of drug-likeness (QED) is 0.0620. The van der Waals surface area contributed by atoms with E-state index < -0.39 is 35.6 Å². The summed E-state index contributed by atoms with van der Waals surface area (Å²) in [5.74, 6) is -0.914. The lowest BCUT2D eigenvalue weighted by Crippen LogP contribution is -2.42. The Balaban J connectivity index is 0.775. The van der Waals surface area contributed by atoms with Gasteiger partial charge in [0.05, 0.1) is 36.7 Å². The van der Waals surface area contributed by atoms with Crippen molar-refractivity contribution in [2.45, 2.75) is 70.3 Å². The number of aromatic nitrogens is 5. The van der Waals surface area contributed by atoms with Crippen LogP contribution in [0.4, 0.5) is 20.3 Å². The number of nitrogens with zero attached hydrogens (tertiary/aromatic N) is 7. The summed E-state index contributed by atoms with van der Waals surface area (Å²) >= 11 is 0. The molecule has 3 aliphatic rings. The summed E-state index contributed by atoms with van der Waals surface area (Å²) in [4.78, 5) is 59.3. The highest BCUT2D eigenvalue weighted by Crippen LogP contribution is 2.36. The average molecular weight is 838 g/mol. The third kappa shape index (κ3) is 9.47. The summed E-state index contributed by atoms with van der Waals surface area (Å²) in [7, 11) is 2.14. The molecule has 0 radical (unpaired) electrons. The summed E-state index contributed by atoms with van der Waals surface area (Å²) in [6, 6.07) is 14.1. The number of rotatable bonds is 16. The Labute approximate surface area is 351 Å². The van der Waals surface area contributed by atoms with E-state index in [-0.39, 0.29) is 34.2 Å². The molecule has 15 nitrogen and oxygen atoms in total. The minimum Gasteiger partial charge on any atom is -0.456 e. The first-order valence-corrected chi connectivity index (χ1v) is 21.0. The molecule has 0 bridgehead atoms. The number of aryl methyl sites for hydroxylation is 1. The molecule has 2 N–H and O–H groups in total. The number of imide groups is 1. The van der Waals surface area contributed by atoms with E-state index in [0.29, 0.717) is 49.4 Å². The predicted molar refractivity (Wildman–Crippen MR) is 222 cm³/mol. The summed E-state index contributed by atoms with van der Waals surface area (Å²) in [6.45, 7) is 4.45. The Bertz CT molecular complexity index is 2400. The Morgan fingerprint density at radius 3 is 2.54 bits per heavy atom. The number of amides is 3. The van der Waals surface area contributed by atoms with Gasteiger partial charge in [0.1, 0.15) is 22.9 Å². The van der Waals surface area contributed by atoms with Crippen LogP contribution >= 0.6 is 0 Å². The highest BCUT2D eigenvalue weighted by Gasteiger charge is 2.33. The maximum absolute atomic E-state index is 14.2. The van der Waals surface area contributed by atoms with Gasteiger partial charge in [-0.2, -0.15) is 10.2 Å². The van der Waals surface area contributed by atoms with Crippen molar-refractivity contribution in [2.75, 3.05) is 56.7 Å². The van der Waals surface area contributed by atoms with E-state index in [1.165, 1.54) is 23.0 Å². The highest BCUT2D eigenvalue weighted by atomic mass is 19.3. The Morgan fingerprint density at radius 1 is 0.967 bits per heavy atom. The van der Waals surface area contributed by atoms with Crippen LogP contribution in [-0.2, 0) is 16.0 Å². The molecular weight excluding hydrogens is 789 g/mol. The molecule has 320 valence electrons. The van der Waals surface area contributed by atoms with Crippen molar-refractivity contribution >= 4 is 40.7 Å². The van der Waals surface area contributed by atoms with Gasteiger partial charge in [-0.25, -0.2) is 18.3 Å². The zero-order valence-corrected chi connectivity index (χ0v) is 34.0. The first kappa shape index (κ1) is 41.7. The van der Waals surface area contributed by atoms with Crippen molar-refractivity contribution in [3.05, 3.63) is 95.1 Å². The normalized spacial score (nSPS) is 18.2. The van der Waals surface area contributed by atoms with Gasteiger partial charge in [-0.3, -0.25) is 29.2 Å². The number of benzene rings is 2. The number of nitrogens with one attached hydrogen (secondary N) is 2. The molecule has 1 saturated carbocycles. The maximum Gasteiger partial charge on any atom is 0.299 e. The van der Waals surface area contributed by atoms with Crippen LogP contribution in [0.25, 0.3) is 5.65 Å². The van der Waals surface area contributed by atoms with E-state index >= 15 is 0 Å². The number of ketones is 1. The number of Topliss-reactive ketones (excluding diaryl/α,β-unsaturated/α-hetero) is 1. The number of halogens is 2. The lowest BCUT2D eigenvalue weighted by atomic mass is 9.86. The number of alkyl halides is 2. The Hall–Kier alpha value is -6.07. The van der Waals surface area contributed by atoms with E-state index in [9.17, 15) is 28.0 Å². The van der Waals surface area contributed by atoms with Gasteiger partial charge < -0.3 is 24.6 Å². The van der Waals surface area contributed by atoms with Crippen molar-refractivity contribution < 1.29 is 37.4 Å². The first-order chi connectivity index (χ1) is 29.6. The number of morpholine rings is 1. The maximum atomic E-state index is 14.2. The molecule has 0 spiro atoms. The third-order valence-corrected chi connectivity index (χ3v) is 11.8. The number of ether oxygens (including phenoxy) is 2. The van der Waals surface area contributed by atoms with Crippen LogP contribution in [0.2, 0.25) is 0 Å². The molecular formula is C44H49F2N9O6. The number of carbonyl (C=O) groups excluding carboxylic acids is 4. The number of unbranched alkanes of at least 4 members (excludes halogenated alkanes) is 3. The smallest absolute Gasteiger partial charge is 0.299 e. The molecule has 2 aromatic carbocycles. The van der Waals surface area contributed by atoms with Gasteiger partial charge in [-0.1, -0.05) is 37.1 Å². The van der Waals surface area contributed by atoms with Crippen LogP contribution in [0.3, 0.4) is 0 Å². The van der Waals surface area contributed by atoms with Crippen LogP contribution in [-0.4, -0.2) is 99.2 Å². The molecule has 17 heteroatoms. The van der Waals surface area contributed by atoms with Crippen LogP contribution < -0.4 is 20.3 Å². The van der Waals surface area contributed by atoms with Crippen molar-refractivity contribution in [3.8, 4) is 11.5 Å². The van der Waals surface area contributed by atoms with Crippen LogP contribution in [0, 0.1) is 5.92 Å². The zero-order chi connectivity index (χ0) is 42.5. The molecule has 0 atom stereocenters. The minimum absolute atomic E-state index is 0.0117. The lowest BCUT2D eigenvalue weighted by molar-refractivity contribution is -0.116. The second-order valence-corrected chi connectivity index (χ2v) is 16.0. The minimum atomic E-state index is -2.86. The fourth-order valence-corrected chi connectivity index (χ4v) is 8.52. The second kappa shape index (κ2) is 18.7. The van der Waals surface area contributed by atoms with Gasteiger partial charge in [0.2, 0.25) is 0 Å². The van der Waals surface area contributed by atoms with Crippen LogP contribution in [0.5, 0.6) is 11.5 Å². The monoisotopic (exact) mass is 837 g/mol. The number of para-hydroxylation sites is 1. The molecule has 1 aliphatic carbocycles. The van der Waals surface area contributed by atoms with Gasteiger partial charge >= 0.3 is 0 Å². The zero-order valence-electron chi connectivity index (χ0n) is 34.0. The average Bonchev–Trinajstić information content (AvgIpc) is 3.90. The summed E-state index contributed by atoms with van der Waals surface area (Å²) < 4.78 is 43.1. The van der Waals surface area contributed by atoms with Crippen molar-refractivity contribution in [1.82, 2.24) is 34.6 Å².